The second kappa shape index (κ2) is 3.08. The van der Waals surface area contributed by atoms with Crippen LogP contribution in [0, 0.1) is 5.41 Å². The summed E-state index contributed by atoms with van der Waals surface area (Å²) in [5.41, 5.74) is 9.73. The first-order valence-corrected chi connectivity index (χ1v) is 5.77. The van der Waals surface area contributed by atoms with Crippen LogP contribution in [0.3, 0.4) is 0 Å². The van der Waals surface area contributed by atoms with Gasteiger partial charge in [0, 0.05) is 11.7 Å². The molecule has 1 unspecified atom stereocenters. The molecular formula is C13H16N2O. The molecule has 0 bridgehead atoms. The lowest BCUT2D eigenvalue weighted by atomic mass is 9.91. The molecule has 2 aliphatic rings. The molecule has 1 amide bonds. The summed E-state index contributed by atoms with van der Waals surface area (Å²) >= 11 is 0. The van der Waals surface area contributed by atoms with Crippen LogP contribution in [0.5, 0.6) is 0 Å². The SMILES string of the molecule is CC1(C(N)c2ccc3c(c2)CC(=O)N3)CC1. The van der Waals surface area contributed by atoms with Crippen LogP contribution >= 0.6 is 0 Å². The molecule has 1 heterocycles. The van der Waals surface area contributed by atoms with Crippen LogP contribution in [0.15, 0.2) is 18.2 Å². The maximum Gasteiger partial charge on any atom is 0.228 e. The van der Waals surface area contributed by atoms with Crippen LogP contribution in [0.25, 0.3) is 0 Å². The monoisotopic (exact) mass is 216 g/mol. The van der Waals surface area contributed by atoms with Crippen molar-refractivity contribution >= 4 is 11.6 Å². The Balaban J connectivity index is 1.93. The fourth-order valence-corrected chi connectivity index (χ4v) is 2.35. The minimum Gasteiger partial charge on any atom is -0.326 e. The van der Waals surface area contributed by atoms with Gasteiger partial charge >= 0.3 is 0 Å². The molecule has 1 fully saturated rings. The highest BCUT2D eigenvalue weighted by Crippen LogP contribution is 2.53. The first-order valence-electron chi connectivity index (χ1n) is 5.77. The summed E-state index contributed by atoms with van der Waals surface area (Å²) in [6, 6.07) is 6.20. The van der Waals surface area contributed by atoms with Crippen LogP contribution in [-0.4, -0.2) is 5.91 Å². The third kappa shape index (κ3) is 1.43. The Bertz CT molecular complexity index is 463. The zero-order chi connectivity index (χ0) is 11.3. The number of nitrogens with two attached hydrogens (primary N) is 1. The molecule has 1 saturated carbocycles. The van der Waals surface area contributed by atoms with Crippen molar-refractivity contribution in [2.45, 2.75) is 32.2 Å². The molecule has 1 atom stereocenters. The van der Waals surface area contributed by atoms with Gasteiger partial charge in [-0.2, -0.15) is 0 Å². The average Bonchev–Trinajstić information content (AvgIpc) is 2.89. The zero-order valence-electron chi connectivity index (χ0n) is 9.42. The maximum atomic E-state index is 11.2. The van der Waals surface area contributed by atoms with Crippen LogP contribution < -0.4 is 11.1 Å². The molecule has 1 aliphatic heterocycles. The Morgan fingerprint density at radius 2 is 2.19 bits per heavy atom. The van der Waals surface area contributed by atoms with Crippen molar-refractivity contribution in [3.8, 4) is 0 Å². The Morgan fingerprint density at radius 1 is 1.44 bits per heavy atom. The van der Waals surface area contributed by atoms with Crippen molar-refractivity contribution in [3.05, 3.63) is 29.3 Å². The number of nitrogens with one attached hydrogen (secondary N) is 1. The quantitative estimate of drug-likeness (QED) is 0.794. The molecule has 3 heteroatoms. The van der Waals surface area contributed by atoms with Gasteiger partial charge in [0.15, 0.2) is 0 Å². The van der Waals surface area contributed by atoms with E-state index in [9.17, 15) is 4.79 Å². The molecule has 84 valence electrons. The third-order valence-electron chi connectivity index (χ3n) is 3.90. The van der Waals surface area contributed by atoms with E-state index < -0.39 is 0 Å². The predicted molar refractivity (Wildman–Crippen MR) is 63.0 cm³/mol. The Kier molecular flexibility index (Phi) is 1.89. The smallest absolute Gasteiger partial charge is 0.228 e. The molecule has 16 heavy (non-hydrogen) atoms. The second-order valence-corrected chi connectivity index (χ2v) is 5.27. The van der Waals surface area contributed by atoms with E-state index in [1.807, 2.05) is 12.1 Å². The van der Waals surface area contributed by atoms with Crippen molar-refractivity contribution in [3.63, 3.8) is 0 Å². The van der Waals surface area contributed by atoms with Gasteiger partial charge in [0.2, 0.25) is 5.91 Å². The number of anilines is 1. The number of rotatable bonds is 2. The number of carbonyl (C=O) groups is 1. The molecule has 3 rings (SSSR count). The Hall–Kier alpha value is -1.35. The highest BCUT2D eigenvalue weighted by molar-refractivity contribution is 5.99. The Labute approximate surface area is 95.0 Å². The molecule has 3 nitrogen and oxygen atoms in total. The first-order chi connectivity index (χ1) is 7.58. The van der Waals surface area contributed by atoms with Crippen LogP contribution in [-0.2, 0) is 11.2 Å². The van der Waals surface area contributed by atoms with Gasteiger partial charge in [-0.3, -0.25) is 4.79 Å². The first kappa shape index (κ1) is 9.85. The normalized spacial score (nSPS) is 22.5. The van der Waals surface area contributed by atoms with Gasteiger partial charge in [0.1, 0.15) is 0 Å². The number of carbonyl (C=O) groups excluding carboxylic acids is 1. The average molecular weight is 216 g/mol. The van der Waals surface area contributed by atoms with Crippen LogP contribution in [0.1, 0.15) is 36.9 Å². The van der Waals surface area contributed by atoms with Crippen molar-refractivity contribution in [2.24, 2.45) is 11.1 Å². The minimum absolute atomic E-state index is 0.0818. The molecule has 0 saturated heterocycles. The van der Waals surface area contributed by atoms with Gasteiger partial charge < -0.3 is 11.1 Å². The summed E-state index contributed by atoms with van der Waals surface area (Å²) in [5.74, 6) is 0.0818. The van der Waals surface area contributed by atoms with Crippen molar-refractivity contribution in [1.29, 1.82) is 0 Å². The van der Waals surface area contributed by atoms with Gasteiger partial charge in [0.05, 0.1) is 6.42 Å². The summed E-state index contributed by atoms with van der Waals surface area (Å²) in [4.78, 5) is 11.2. The number of hydrogen-bond acceptors (Lipinski definition) is 2. The lowest BCUT2D eigenvalue weighted by Gasteiger charge is -2.19. The summed E-state index contributed by atoms with van der Waals surface area (Å²) in [5, 5.41) is 2.84. The number of benzene rings is 1. The molecule has 0 radical (unpaired) electrons. The second-order valence-electron chi connectivity index (χ2n) is 5.27. The molecular weight excluding hydrogens is 200 g/mol. The molecule has 1 aromatic rings. The van der Waals surface area contributed by atoms with E-state index in [0.29, 0.717) is 6.42 Å². The number of fused-ring (bicyclic) bond motifs is 1. The standard InChI is InChI=1S/C13H16N2O/c1-13(4-5-13)12(14)8-2-3-10-9(6-8)7-11(16)15-10/h2-3,6,12H,4-5,7,14H2,1H3,(H,15,16). The summed E-state index contributed by atoms with van der Waals surface area (Å²) < 4.78 is 0. The van der Waals surface area contributed by atoms with E-state index in [-0.39, 0.29) is 17.4 Å². The Morgan fingerprint density at radius 3 is 2.88 bits per heavy atom. The molecule has 1 aromatic carbocycles. The van der Waals surface area contributed by atoms with E-state index in [4.69, 9.17) is 5.73 Å². The van der Waals surface area contributed by atoms with E-state index in [0.717, 1.165) is 16.8 Å². The van der Waals surface area contributed by atoms with Crippen LogP contribution in [0.2, 0.25) is 0 Å². The maximum absolute atomic E-state index is 11.2. The topological polar surface area (TPSA) is 55.1 Å². The molecule has 1 aliphatic carbocycles. The van der Waals surface area contributed by atoms with Gasteiger partial charge in [-0.1, -0.05) is 19.1 Å². The fraction of sp³-hybridized carbons (Fsp3) is 0.462. The van der Waals surface area contributed by atoms with Crippen molar-refractivity contribution in [1.82, 2.24) is 0 Å². The summed E-state index contributed by atoms with van der Waals surface area (Å²) in [6.07, 6.45) is 2.91. The van der Waals surface area contributed by atoms with Gasteiger partial charge in [0.25, 0.3) is 0 Å². The molecule has 0 spiro atoms. The zero-order valence-corrected chi connectivity index (χ0v) is 9.42. The van der Waals surface area contributed by atoms with Gasteiger partial charge in [-0.05, 0) is 35.4 Å². The largest absolute Gasteiger partial charge is 0.326 e. The van der Waals surface area contributed by atoms with Crippen molar-refractivity contribution < 1.29 is 4.79 Å². The lowest BCUT2D eigenvalue weighted by molar-refractivity contribution is -0.115. The van der Waals surface area contributed by atoms with Crippen LogP contribution in [0.4, 0.5) is 5.69 Å². The number of hydrogen-bond donors (Lipinski definition) is 2. The summed E-state index contributed by atoms with van der Waals surface area (Å²) in [6.45, 7) is 2.23. The van der Waals surface area contributed by atoms with Gasteiger partial charge in [-0.15, -0.1) is 0 Å². The van der Waals surface area contributed by atoms with Gasteiger partial charge in [-0.25, -0.2) is 0 Å². The number of amides is 1. The van der Waals surface area contributed by atoms with E-state index in [2.05, 4.69) is 18.3 Å². The molecule has 3 N–H and O–H groups in total. The van der Waals surface area contributed by atoms with Crippen molar-refractivity contribution in [2.75, 3.05) is 5.32 Å². The van der Waals surface area contributed by atoms with E-state index in [1.165, 1.54) is 12.8 Å². The van der Waals surface area contributed by atoms with E-state index in [1.54, 1.807) is 0 Å². The highest BCUT2D eigenvalue weighted by Gasteiger charge is 2.43. The van der Waals surface area contributed by atoms with E-state index >= 15 is 0 Å². The molecule has 0 aromatic heterocycles. The summed E-state index contributed by atoms with van der Waals surface area (Å²) in [7, 11) is 0. The fourth-order valence-electron chi connectivity index (χ4n) is 2.35. The minimum atomic E-state index is 0.0818. The highest BCUT2D eigenvalue weighted by atomic mass is 16.1. The third-order valence-corrected chi connectivity index (χ3v) is 3.90. The lowest BCUT2D eigenvalue weighted by Crippen LogP contribution is -2.20. The predicted octanol–water partition coefficient (Wildman–Crippen LogP) is 1.98.